The minimum absolute atomic E-state index is 0.0289. The van der Waals surface area contributed by atoms with Crippen molar-refractivity contribution >= 4 is 33.6 Å². The molecular formula is C26H23BrN2O2. The number of carbonyl (C=O) groups is 1. The number of hydrogen-bond acceptors (Lipinski definition) is 3. The molecule has 0 aromatic heterocycles. The van der Waals surface area contributed by atoms with Gasteiger partial charge in [0.1, 0.15) is 24.0 Å². The molecule has 156 valence electrons. The quantitative estimate of drug-likeness (QED) is 0.327. The number of hydrogen-bond donors (Lipinski definition) is 1. The molecule has 1 N–H and O–H groups in total. The number of aryl methyl sites for hydroxylation is 2. The lowest BCUT2D eigenvalue weighted by molar-refractivity contribution is -0.112. The molecule has 5 heteroatoms. The number of nitrogens with zero attached hydrogens (tertiary/aromatic N) is 1. The predicted octanol–water partition coefficient (Wildman–Crippen LogP) is 6.50. The zero-order chi connectivity index (χ0) is 22.4. The lowest BCUT2D eigenvalue weighted by atomic mass is 10.1. The number of amides is 1. The topological polar surface area (TPSA) is 62.1 Å². The van der Waals surface area contributed by atoms with E-state index in [0.29, 0.717) is 18.0 Å². The average molecular weight is 475 g/mol. The number of ether oxygens (including phenoxy) is 1. The van der Waals surface area contributed by atoms with E-state index in [2.05, 4.69) is 27.3 Å². The van der Waals surface area contributed by atoms with Gasteiger partial charge in [-0.15, -0.1) is 0 Å². The Balaban J connectivity index is 1.73. The van der Waals surface area contributed by atoms with Gasteiger partial charge in [-0.25, -0.2) is 0 Å². The van der Waals surface area contributed by atoms with Crippen LogP contribution in [0.15, 0.2) is 70.7 Å². The molecular weight excluding hydrogens is 452 g/mol. The lowest BCUT2D eigenvalue weighted by Crippen LogP contribution is -2.14. The second-order valence-corrected chi connectivity index (χ2v) is 8.19. The molecule has 0 aliphatic carbocycles. The molecule has 31 heavy (non-hydrogen) atoms. The first-order valence-electron chi connectivity index (χ1n) is 9.84. The standard InChI is InChI=1S/C26H23BrN2O2/c1-17-6-4-8-21(12-17)16-31-25-11-10-20(14-23(25)27)13-22(15-28)26(30)29-24-9-5-7-18(2)19(24)3/h4-14H,16H2,1-3H3,(H,29,30)/b22-13+. The number of nitrogens with one attached hydrogen (secondary N) is 1. The van der Waals surface area contributed by atoms with E-state index in [1.54, 1.807) is 6.08 Å². The van der Waals surface area contributed by atoms with Crippen molar-refractivity contribution in [3.63, 3.8) is 0 Å². The second kappa shape index (κ2) is 10.1. The van der Waals surface area contributed by atoms with E-state index in [0.717, 1.165) is 26.7 Å². The van der Waals surface area contributed by atoms with Crippen LogP contribution in [0.4, 0.5) is 5.69 Å². The van der Waals surface area contributed by atoms with Gasteiger partial charge in [0, 0.05) is 5.69 Å². The largest absolute Gasteiger partial charge is 0.488 e. The first-order valence-corrected chi connectivity index (χ1v) is 10.6. The van der Waals surface area contributed by atoms with Crippen molar-refractivity contribution in [2.45, 2.75) is 27.4 Å². The van der Waals surface area contributed by atoms with Gasteiger partial charge in [-0.2, -0.15) is 5.26 Å². The summed E-state index contributed by atoms with van der Waals surface area (Å²) in [7, 11) is 0. The van der Waals surface area contributed by atoms with Gasteiger partial charge in [-0.3, -0.25) is 4.79 Å². The molecule has 0 bridgehead atoms. The summed E-state index contributed by atoms with van der Waals surface area (Å²) < 4.78 is 6.65. The third-order valence-corrected chi connectivity index (χ3v) is 5.58. The molecule has 0 atom stereocenters. The fraction of sp³-hybridized carbons (Fsp3) is 0.154. The van der Waals surface area contributed by atoms with Crippen LogP contribution in [-0.4, -0.2) is 5.91 Å². The highest BCUT2D eigenvalue weighted by atomic mass is 79.9. The van der Waals surface area contributed by atoms with Gasteiger partial charge >= 0.3 is 0 Å². The Bertz CT molecular complexity index is 1190. The van der Waals surface area contributed by atoms with Crippen molar-refractivity contribution in [2.75, 3.05) is 5.32 Å². The van der Waals surface area contributed by atoms with Crippen LogP contribution in [-0.2, 0) is 11.4 Å². The summed E-state index contributed by atoms with van der Waals surface area (Å²) in [5.41, 5.74) is 5.78. The monoisotopic (exact) mass is 474 g/mol. The molecule has 0 heterocycles. The molecule has 0 fully saturated rings. The smallest absolute Gasteiger partial charge is 0.266 e. The maximum atomic E-state index is 12.6. The lowest BCUT2D eigenvalue weighted by Gasteiger charge is -2.11. The maximum absolute atomic E-state index is 12.6. The Morgan fingerprint density at radius 1 is 1.10 bits per heavy atom. The highest BCUT2D eigenvalue weighted by Gasteiger charge is 2.12. The van der Waals surface area contributed by atoms with Crippen molar-refractivity contribution in [3.05, 3.63) is 98.5 Å². The molecule has 0 aliphatic heterocycles. The summed E-state index contributed by atoms with van der Waals surface area (Å²) in [5, 5.41) is 12.3. The molecule has 0 saturated carbocycles. The summed E-state index contributed by atoms with van der Waals surface area (Å²) in [4.78, 5) is 12.6. The molecule has 1 amide bonds. The third-order valence-electron chi connectivity index (χ3n) is 4.96. The fourth-order valence-electron chi connectivity index (χ4n) is 3.08. The van der Waals surface area contributed by atoms with Gasteiger partial charge in [0.15, 0.2) is 0 Å². The van der Waals surface area contributed by atoms with Crippen LogP contribution in [0.1, 0.15) is 27.8 Å². The van der Waals surface area contributed by atoms with Crippen LogP contribution in [0, 0.1) is 32.1 Å². The van der Waals surface area contributed by atoms with Gasteiger partial charge in [-0.05, 0) is 83.2 Å². The van der Waals surface area contributed by atoms with E-state index in [4.69, 9.17) is 4.74 Å². The first-order chi connectivity index (χ1) is 14.9. The van der Waals surface area contributed by atoms with E-state index in [9.17, 15) is 10.1 Å². The predicted molar refractivity (Wildman–Crippen MR) is 128 cm³/mol. The van der Waals surface area contributed by atoms with Gasteiger partial charge in [0.25, 0.3) is 5.91 Å². The van der Waals surface area contributed by atoms with Crippen molar-refractivity contribution < 1.29 is 9.53 Å². The van der Waals surface area contributed by atoms with Crippen molar-refractivity contribution in [1.29, 1.82) is 5.26 Å². The Morgan fingerprint density at radius 3 is 2.58 bits per heavy atom. The molecule has 0 radical (unpaired) electrons. The number of benzene rings is 3. The SMILES string of the molecule is Cc1cccc(COc2ccc(/C=C(\C#N)C(=O)Nc3cccc(C)c3C)cc2Br)c1. The Morgan fingerprint density at radius 2 is 1.87 bits per heavy atom. The van der Waals surface area contributed by atoms with E-state index < -0.39 is 5.91 Å². The van der Waals surface area contributed by atoms with Gasteiger partial charge in [-0.1, -0.05) is 48.0 Å². The summed E-state index contributed by atoms with van der Waals surface area (Å²) in [6.07, 6.45) is 1.57. The van der Waals surface area contributed by atoms with Crippen molar-refractivity contribution in [1.82, 2.24) is 0 Å². The highest BCUT2D eigenvalue weighted by molar-refractivity contribution is 9.10. The zero-order valence-electron chi connectivity index (χ0n) is 17.7. The van der Waals surface area contributed by atoms with Crippen LogP contribution in [0.2, 0.25) is 0 Å². The summed E-state index contributed by atoms with van der Waals surface area (Å²) >= 11 is 3.52. The first kappa shape index (κ1) is 22.3. The van der Waals surface area contributed by atoms with E-state index in [1.807, 2.05) is 81.4 Å². The fourth-order valence-corrected chi connectivity index (χ4v) is 3.59. The van der Waals surface area contributed by atoms with Gasteiger partial charge in [0.05, 0.1) is 4.47 Å². The summed E-state index contributed by atoms with van der Waals surface area (Å²) in [5.74, 6) is 0.254. The van der Waals surface area contributed by atoms with Gasteiger partial charge < -0.3 is 10.1 Å². The molecule has 0 spiro atoms. The normalized spacial score (nSPS) is 11.0. The molecule has 3 rings (SSSR count). The van der Waals surface area contributed by atoms with Crippen LogP contribution in [0.5, 0.6) is 5.75 Å². The number of nitriles is 1. The Kier molecular flexibility index (Phi) is 7.28. The summed E-state index contributed by atoms with van der Waals surface area (Å²) in [6.45, 7) is 6.42. The Hall–Kier alpha value is -3.36. The highest BCUT2D eigenvalue weighted by Crippen LogP contribution is 2.28. The maximum Gasteiger partial charge on any atom is 0.266 e. The second-order valence-electron chi connectivity index (χ2n) is 7.34. The summed E-state index contributed by atoms with van der Waals surface area (Å²) in [6, 6.07) is 21.3. The molecule has 3 aromatic carbocycles. The average Bonchev–Trinajstić information content (AvgIpc) is 2.74. The van der Waals surface area contributed by atoms with E-state index in [-0.39, 0.29) is 5.57 Å². The molecule has 3 aromatic rings. The Labute approximate surface area is 191 Å². The zero-order valence-corrected chi connectivity index (χ0v) is 19.3. The number of halogens is 1. The van der Waals surface area contributed by atoms with Gasteiger partial charge in [0.2, 0.25) is 0 Å². The van der Waals surface area contributed by atoms with Crippen LogP contribution >= 0.6 is 15.9 Å². The number of carbonyl (C=O) groups excluding carboxylic acids is 1. The molecule has 0 aliphatic rings. The van der Waals surface area contributed by atoms with E-state index in [1.165, 1.54) is 5.56 Å². The van der Waals surface area contributed by atoms with Crippen molar-refractivity contribution in [2.24, 2.45) is 0 Å². The molecule has 0 unspecified atom stereocenters. The number of rotatable bonds is 6. The van der Waals surface area contributed by atoms with Crippen LogP contribution in [0.3, 0.4) is 0 Å². The number of anilines is 1. The van der Waals surface area contributed by atoms with Crippen LogP contribution in [0.25, 0.3) is 6.08 Å². The molecule has 0 saturated heterocycles. The molecule has 4 nitrogen and oxygen atoms in total. The van der Waals surface area contributed by atoms with Crippen LogP contribution < -0.4 is 10.1 Å². The third kappa shape index (κ3) is 5.84. The minimum Gasteiger partial charge on any atom is -0.488 e. The van der Waals surface area contributed by atoms with Crippen molar-refractivity contribution in [3.8, 4) is 11.8 Å². The van der Waals surface area contributed by atoms with E-state index >= 15 is 0 Å². The minimum atomic E-state index is -0.438.